The zero-order chi connectivity index (χ0) is 12.0. The fraction of sp³-hybridized carbons (Fsp3) is 0.455. The minimum absolute atomic E-state index is 0.217. The van der Waals surface area contributed by atoms with Crippen molar-refractivity contribution in [1.29, 1.82) is 0 Å². The van der Waals surface area contributed by atoms with Gasteiger partial charge in [0.25, 0.3) is 0 Å². The van der Waals surface area contributed by atoms with Crippen LogP contribution < -0.4 is 0 Å². The van der Waals surface area contributed by atoms with Crippen molar-refractivity contribution < 1.29 is 9.53 Å². The van der Waals surface area contributed by atoms with Crippen LogP contribution in [0.5, 0.6) is 0 Å². The molecule has 1 unspecified atom stereocenters. The van der Waals surface area contributed by atoms with E-state index in [9.17, 15) is 4.79 Å². The van der Waals surface area contributed by atoms with E-state index in [1.807, 2.05) is 12.1 Å². The van der Waals surface area contributed by atoms with Crippen molar-refractivity contribution in [3.63, 3.8) is 0 Å². The topological polar surface area (TPSA) is 39.2 Å². The molecule has 3 nitrogen and oxygen atoms in total. The third-order valence-corrected chi connectivity index (χ3v) is 2.89. The molecule has 88 valence electrons. The lowest BCUT2D eigenvalue weighted by Crippen LogP contribution is -2.05. The van der Waals surface area contributed by atoms with Crippen LogP contribution >= 0.6 is 27.5 Å². The van der Waals surface area contributed by atoms with Gasteiger partial charge in [-0.3, -0.25) is 9.78 Å². The summed E-state index contributed by atoms with van der Waals surface area (Å²) >= 11 is 9.41. The Balaban J connectivity index is 2.43. The molecule has 0 radical (unpaired) electrons. The Bertz CT molecular complexity index is 342. The second kappa shape index (κ2) is 6.86. The molecule has 0 saturated carbocycles. The monoisotopic (exact) mass is 305 g/mol. The molecule has 0 fully saturated rings. The van der Waals surface area contributed by atoms with Crippen LogP contribution in [-0.2, 0) is 9.53 Å². The molecular formula is C11H13BrClNO2. The average molecular weight is 307 g/mol. The number of nitrogens with zero attached hydrogens (tertiary/aromatic N) is 1. The van der Waals surface area contributed by atoms with Gasteiger partial charge >= 0.3 is 5.97 Å². The highest BCUT2D eigenvalue weighted by Gasteiger charge is 2.12. The molecule has 0 N–H and O–H groups in total. The quantitative estimate of drug-likeness (QED) is 0.617. The predicted molar refractivity (Wildman–Crippen MR) is 66.4 cm³/mol. The first-order chi connectivity index (χ1) is 7.63. The van der Waals surface area contributed by atoms with Crippen molar-refractivity contribution in [3.05, 3.63) is 28.5 Å². The van der Waals surface area contributed by atoms with Crippen molar-refractivity contribution in [1.82, 2.24) is 4.98 Å². The van der Waals surface area contributed by atoms with Gasteiger partial charge in [0.15, 0.2) is 0 Å². The van der Waals surface area contributed by atoms with Crippen LogP contribution in [0.1, 0.15) is 30.8 Å². The lowest BCUT2D eigenvalue weighted by Gasteiger charge is -2.08. The van der Waals surface area contributed by atoms with Gasteiger partial charge in [-0.15, -0.1) is 11.6 Å². The standard InChI is InChI=1S/C11H13BrClNO2/c1-2-16-11(15)6-4-9(13)10-5-3-8(12)7-14-10/h3,5,7,9H,2,4,6H2,1H3. The van der Waals surface area contributed by atoms with Gasteiger partial charge in [-0.05, 0) is 41.4 Å². The number of alkyl halides is 1. The van der Waals surface area contributed by atoms with E-state index in [-0.39, 0.29) is 11.3 Å². The molecule has 0 bridgehead atoms. The van der Waals surface area contributed by atoms with Crippen molar-refractivity contribution >= 4 is 33.5 Å². The molecule has 0 aliphatic rings. The Labute approximate surface area is 108 Å². The minimum Gasteiger partial charge on any atom is -0.466 e. The molecule has 0 saturated heterocycles. The van der Waals surface area contributed by atoms with E-state index < -0.39 is 0 Å². The van der Waals surface area contributed by atoms with Crippen LogP contribution in [0.15, 0.2) is 22.8 Å². The van der Waals surface area contributed by atoms with Gasteiger partial charge in [0, 0.05) is 17.1 Å². The number of pyridine rings is 1. The van der Waals surface area contributed by atoms with Crippen molar-refractivity contribution in [2.75, 3.05) is 6.61 Å². The van der Waals surface area contributed by atoms with Crippen LogP contribution in [0.4, 0.5) is 0 Å². The number of hydrogen-bond acceptors (Lipinski definition) is 3. The summed E-state index contributed by atoms with van der Waals surface area (Å²) in [6.45, 7) is 2.19. The molecule has 16 heavy (non-hydrogen) atoms. The Morgan fingerprint density at radius 2 is 2.38 bits per heavy atom. The van der Waals surface area contributed by atoms with E-state index in [0.29, 0.717) is 19.4 Å². The number of aromatic nitrogens is 1. The zero-order valence-electron chi connectivity index (χ0n) is 8.95. The van der Waals surface area contributed by atoms with Crippen LogP contribution in [0.25, 0.3) is 0 Å². The molecule has 1 aromatic heterocycles. The number of rotatable bonds is 5. The summed E-state index contributed by atoms with van der Waals surface area (Å²) in [6.07, 6.45) is 2.55. The third-order valence-electron chi connectivity index (χ3n) is 1.98. The second-order valence-electron chi connectivity index (χ2n) is 3.21. The highest BCUT2D eigenvalue weighted by atomic mass is 79.9. The molecule has 5 heteroatoms. The Morgan fingerprint density at radius 1 is 1.62 bits per heavy atom. The number of carbonyl (C=O) groups is 1. The average Bonchev–Trinajstić information content (AvgIpc) is 2.27. The van der Waals surface area contributed by atoms with Crippen LogP contribution in [0.2, 0.25) is 0 Å². The van der Waals surface area contributed by atoms with Gasteiger partial charge in [0.2, 0.25) is 0 Å². The van der Waals surface area contributed by atoms with Crippen LogP contribution in [0, 0.1) is 0 Å². The van der Waals surface area contributed by atoms with Crippen molar-refractivity contribution in [3.8, 4) is 0 Å². The van der Waals surface area contributed by atoms with Crippen molar-refractivity contribution in [2.45, 2.75) is 25.1 Å². The maximum Gasteiger partial charge on any atom is 0.305 e. The molecule has 0 aromatic carbocycles. The van der Waals surface area contributed by atoms with Gasteiger partial charge in [-0.1, -0.05) is 0 Å². The summed E-state index contributed by atoms with van der Waals surface area (Å²) < 4.78 is 5.73. The SMILES string of the molecule is CCOC(=O)CCC(Cl)c1ccc(Br)cn1. The smallest absolute Gasteiger partial charge is 0.305 e. The van der Waals surface area contributed by atoms with E-state index >= 15 is 0 Å². The lowest BCUT2D eigenvalue weighted by atomic mass is 10.2. The molecule has 0 aliphatic carbocycles. The summed E-state index contributed by atoms with van der Waals surface area (Å²) in [4.78, 5) is 15.3. The first kappa shape index (κ1) is 13.5. The number of esters is 1. The number of carbonyl (C=O) groups excluding carboxylic acids is 1. The molecule has 1 atom stereocenters. The van der Waals surface area contributed by atoms with Crippen LogP contribution in [0.3, 0.4) is 0 Å². The maximum absolute atomic E-state index is 11.1. The fourth-order valence-electron chi connectivity index (χ4n) is 1.20. The fourth-order valence-corrected chi connectivity index (χ4v) is 1.67. The summed E-state index contributed by atoms with van der Waals surface area (Å²) in [5, 5.41) is -0.252. The predicted octanol–water partition coefficient (Wildman–Crippen LogP) is 3.47. The van der Waals surface area contributed by atoms with E-state index in [2.05, 4.69) is 20.9 Å². The van der Waals surface area contributed by atoms with E-state index in [1.54, 1.807) is 13.1 Å². The molecular weight excluding hydrogens is 293 g/mol. The summed E-state index contributed by atoms with van der Waals surface area (Å²) in [6, 6.07) is 3.72. The first-order valence-electron chi connectivity index (χ1n) is 5.04. The Hall–Kier alpha value is -0.610. The molecule has 1 heterocycles. The molecule has 1 rings (SSSR count). The molecule has 1 aromatic rings. The molecule has 0 aliphatic heterocycles. The summed E-state index contributed by atoms with van der Waals surface area (Å²) in [7, 11) is 0. The highest BCUT2D eigenvalue weighted by Crippen LogP contribution is 2.24. The van der Waals surface area contributed by atoms with E-state index in [0.717, 1.165) is 10.2 Å². The Morgan fingerprint density at radius 3 is 2.94 bits per heavy atom. The number of ether oxygens (including phenoxy) is 1. The van der Waals surface area contributed by atoms with Gasteiger partial charge in [0.05, 0.1) is 17.7 Å². The molecule has 0 amide bonds. The third kappa shape index (κ3) is 4.49. The lowest BCUT2D eigenvalue weighted by molar-refractivity contribution is -0.143. The van der Waals surface area contributed by atoms with Crippen molar-refractivity contribution in [2.24, 2.45) is 0 Å². The highest BCUT2D eigenvalue weighted by molar-refractivity contribution is 9.10. The normalized spacial score (nSPS) is 12.2. The Kier molecular flexibility index (Phi) is 5.77. The summed E-state index contributed by atoms with van der Waals surface area (Å²) in [5.74, 6) is -0.217. The number of halogens is 2. The van der Waals surface area contributed by atoms with Crippen LogP contribution in [-0.4, -0.2) is 17.6 Å². The van der Waals surface area contributed by atoms with Gasteiger partial charge in [-0.25, -0.2) is 0 Å². The number of hydrogen-bond donors (Lipinski definition) is 0. The maximum atomic E-state index is 11.1. The zero-order valence-corrected chi connectivity index (χ0v) is 11.3. The van der Waals surface area contributed by atoms with Gasteiger partial charge in [-0.2, -0.15) is 0 Å². The summed E-state index contributed by atoms with van der Waals surface area (Å²) in [5.41, 5.74) is 0.772. The van der Waals surface area contributed by atoms with Gasteiger partial charge < -0.3 is 4.74 Å². The first-order valence-corrected chi connectivity index (χ1v) is 6.27. The molecule has 0 spiro atoms. The van der Waals surface area contributed by atoms with E-state index in [1.165, 1.54) is 0 Å². The minimum atomic E-state index is -0.252. The second-order valence-corrected chi connectivity index (χ2v) is 4.66. The van der Waals surface area contributed by atoms with Gasteiger partial charge in [0.1, 0.15) is 0 Å². The largest absolute Gasteiger partial charge is 0.466 e. The van der Waals surface area contributed by atoms with E-state index in [4.69, 9.17) is 16.3 Å².